The highest BCUT2D eigenvalue weighted by Gasteiger charge is 2.39. The molecule has 0 spiro atoms. The zero-order valence-electron chi connectivity index (χ0n) is 5.91. The van der Waals surface area contributed by atoms with Crippen molar-refractivity contribution in [3.8, 4) is 0 Å². The second-order valence-corrected chi connectivity index (χ2v) is 2.52. The lowest BCUT2D eigenvalue weighted by molar-refractivity contribution is -0.220. The second-order valence-electron chi connectivity index (χ2n) is 2.52. The van der Waals surface area contributed by atoms with Gasteiger partial charge in [0.05, 0.1) is 0 Å². The summed E-state index contributed by atoms with van der Waals surface area (Å²) in [6, 6.07) is 0. The maximum atomic E-state index is 12.0. The fraction of sp³-hybridized carbons (Fsp3) is 0.833. The van der Waals surface area contributed by atoms with Gasteiger partial charge in [-0.15, -0.1) is 0 Å². The second kappa shape index (κ2) is 2.71. The van der Waals surface area contributed by atoms with Crippen molar-refractivity contribution in [1.29, 1.82) is 5.41 Å². The van der Waals surface area contributed by atoms with Crippen molar-refractivity contribution in [2.75, 3.05) is 6.54 Å². The number of rotatable bonds is 0. The van der Waals surface area contributed by atoms with E-state index >= 15 is 0 Å². The first kappa shape index (κ1) is 8.36. The van der Waals surface area contributed by atoms with E-state index in [1.54, 1.807) is 0 Å². The third-order valence-corrected chi connectivity index (χ3v) is 1.68. The molecule has 1 aliphatic rings. The molecule has 0 bridgehead atoms. The molecular formula is C6H9F3N2. The highest BCUT2D eigenvalue weighted by molar-refractivity contribution is 5.79. The van der Waals surface area contributed by atoms with Gasteiger partial charge in [0.1, 0.15) is 5.84 Å². The van der Waals surface area contributed by atoms with Crippen LogP contribution in [0.2, 0.25) is 0 Å². The van der Waals surface area contributed by atoms with Crippen molar-refractivity contribution < 1.29 is 13.2 Å². The molecule has 64 valence electrons. The maximum absolute atomic E-state index is 12.0. The lowest BCUT2D eigenvalue weighted by Crippen LogP contribution is -2.45. The Hall–Kier alpha value is -0.740. The van der Waals surface area contributed by atoms with Gasteiger partial charge in [0.25, 0.3) is 0 Å². The standard InChI is InChI=1S/C6H9F3N2/c7-6(8,9)11-4-2-1-3-5(11)10/h10H,1-4H2. The molecule has 1 aliphatic heterocycles. The van der Waals surface area contributed by atoms with Gasteiger partial charge in [0.15, 0.2) is 0 Å². The Morgan fingerprint density at radius 3 is 2.27 bits per heavy atom. The third-order valence-electron chi connectivity index (χ3n) is 1.68. The molecule has 0 aliphatic carbocycles. The van der Waals surface area contributed by atoms with Crippen LogP contribution in [-0.4, -0.2) is 23.6 Å². The van der Waals surface area contributed by atoms with Gasteiger partial charge in [-0.25, -0.2) is 0 Å². The fourth-order valence-electron chi connectivity index (χ4n) is 1.11. The van der Waals surface area contributed by atoms with Crippen molar-refractivity contribution >= 4 is 5.84 Å². The Kier molecular flexibility index (Phi) is 2.06. The van der Waals surface area contributed by atoms with Gasteiger partial charge in [-0.3, -0.25) is 10.3 Å². The highest BCUT2D eigenvalue weighted by atomic mass is 19.4. The monoisotopic (exact) mass is 166 g/mol. The number of likely N-dealkylation sites (tertiary alicyclic amines) is 1. The summed E-state index contributed by atoms with van der Waals surface area (Å²) in [6.45, 7) is -0.0532. The summed E-state index contributed by atoms with van der Waals surface area (Å²) in [6.07, 6.45) is -2.87. The maximum Gasteiger partial charge on any atom is 0.485 e. The quantitative estimate of drug-likeness (QED) is 0.547. The number of hydrogen-bond acceptors (Lipinski definition) is 1. The molecule has 1 saturated heterocycles. The van der Waals surface area contributed by atoms with E-state index in [0.29, 0.717) is 12.8 Å². The van der Waals surface area contributed by atoms with Crippen LogP contribution < -0.4 is 0 Å². The molecule has 1 N–H and O–H groups in total. The fourth-order valence-corrected chi connectivity index (χ4v) is 1.11. The molecule has 5 heteroatoms. The summed E-state index contributed by atoms with van der Waals surface area (Å²) in [4.78, 5) is 0.205. The summed E-state index contributed by atoms with van der Waals surface area (Å²) in [7, 11) is 0. The number of halogens is 3. The summed E-state index contributed by atoms with van der Waals surface area (Å²) in [5.74, 6) is -0.302. The van der Waals surface area contributed by atoms with E-state index in [1.807, 2.05) is 0 Å². The Morgan fingerprint density at radius 1 is 1.27 bits per heavy atom. The molecule has 0 amide bonds. The molecule has 0 saturated carbocycles. The van der Waals surface area contributed by atoms with Crippen molar-refractivity contribution in [3.63, 3.8) is 0 Å². The summed E-state index contributed by atoms with van der Waals surface area (Å²) < 4.78 is 35.9. The molecule has 0 aromatic rings. The minimum atomic E-state index is -4.35. The zero-order valence-corrected chi connectivity index (χ0v) is 5.91. The Morgan fingerprint density at radius 2 is 1.91 bits per heavy atom. The summed E-state index contributed by atoms with van der Waals surface area (Å²) >= 11 is 0. The number of amidine groups is 1. The lowest BCUT2D eigenvalue weighted by atomic mass is 10.1. The van der Waals surface area contributed by atoms with Crippen molar-refractivity contribution in [2.45, 2.75) is 25.6 Å². The van der Waals surface area contributed by atoms with Crippen LogP contribution >= 0.6 is 0 Å². The average Bonchev–Trinajstić information content (AvgIpc) is 1.86. The molecule has 0 radical (unpaired) electrons. The number of hydrogen-bond donors (Lipinski definition) is 1. The van der Waals surface area contributed by atoms with E-state index in [-0.39, 0.29) is 23.7 Å². The van der Waals surface area contributed by atoms with Crippen molar-refractivity contribution in [2.24, 2.45) is 0 Å². The number of alkyl halides is 3. The number of nitrogens with one attached hydrogen (secondary N) is 1. The van der Waals surface area contributed by atoms with Crippen LogP contribution in [0.15, 0.2) is 0 Å². The predicted octanol–water partition coefficient (Wildman–Crippen LogP) is 1.97. The molecule has 11 heavy (non-hydrogen) atoms. The predicted molar refractivity (Wildman–Crippen MR) is 34.3 cm³/mol. The first-order valence-corrected chi connectivity index (χ1v) is 3.43. The van der Waals surface area contributed by atoms with E-state index in [0.717, 1.165) is 0 Å². The summed E-state index contributed by atoms with van der Waals surface area (Å²) in [5, 5.41) is 7.01. The first-order chi connectivity index (χ1) is 5.02. The van der Waals surface area contributed by atoms with E-state index in [4.69, 9.17) is 5.41 Å². The molecule has 2 nitrogen and oxygen atoms in total. The van der Waals surface area contributed by atoms with E-state index in [2.05, 4.69) is 0 Å². The van der Waals surface area contributed by atoms with Gasteiger partial charge in [-0.1, -0.05) is 0 Å². The average molecular weight is 166 g/mol. The van der Waals surface area contributed by atoms with Gasteiger partial charge in [0, 0.05) is 13.0 Å². The normalized spacial score (nSPS) is 20.6. The van der Waals surface area contributed by atoms with Crippen LogP contribution in [0.3, 0.4) is 0 Å². The summed E-state index contributed by atoms with van der Waals surface area (Å²) in [5.41, 5.74) is 0. The van der Waals surface area contributed by atoms with Crippen LogP contribution in [0.1, 0.15) is 19.3 Å². The highest BCUT2D eigenvalue weighted by Crippen LogP contribution is 2.25. The molecule has 1 rings (SSSR count). The van der Waals surface area contributed by atoms with Gasteiger partial charge in [0.2, 0.25) is 0 Å². The minimum Gasteiger partial charge on any atom is -0.288 e. The van der Waals surface area contributed by atoms with E-state index < -0.39 is 6.30 Å². The van der Waals surface area contributed by atoms with Crippen LogP contribution in [0.25, 0.3) is 0 Å². The first-order valence-electron chi connectivity index (χ1n) is 3.43. The molecule has 0 aromatic carbocycles. The van der Waals surface area contributed by atoms with Crippen molar-refractivity contribution in [3.05, 3.63) is 0 Å². The van der Waals surface area contributed by atoms with Gasteiger partial charge in [-0.05, 0) is 12.8 Å². The third kappa shape index (κ3) is 1.85. The Bertz CT molecular complexity index is 164. The Balaban J connectivity index is 2.62. The Labute approximate surface area is 62.5 Å². The molecule has 0 aromatic heterocycles. The lowest BCUT2D eigenvalue weighted by Gasteiger charge is -2.30. The molecule has 0 atom stereocenters. The van der Waals surface area contributed by atoms with E-state index in [9.17, 15) is 13.2 Å². The largest absolute Gasteiger partial charge is 0.485 e. The van der Waals surface area contributed by atoms with Crippen LogP contribution in [-0.2, 0) is 0 Å². The van der Waals surface area contributed by atoms with Crippen LogP contribution in [0.5, 0.6) is 0 Å². The molecular weight excluding hydrogens is 157 g/mol. The SMILES string of the molecule is N=C1CCCCN1C(F)(F)F. The van der Waals surface area contributed by atoms with E-state index in [1.165, 1.54) is 0 Å². The molecule has 1 heterocycles. The number of piperidine rings is 1. The van der Waals surface area contributed by atoms with Gasteiger partial charge >= 0.3 is 6.30 Å². The molecule has 0 unspecified atom stereocenters. The van der Waals surface area contributed by atoms with Gasteiger partial charge in [-0.2, -0.15) is 13.2 Å². The molecule has 1 fully saturated rings. The van der Waals surface area contributed by atoms with Crippen LogP contribution in [0.4, 0.5) is 13.2 Å². The minimum absolute atomic E-state index is 0.0532. The smallest absolute Gasteiger partial charge is 0.288 e. The van der Waals surface area contributed by atoms with Crippen LogP contribution in [0, 0.1) is 5.41 Å². The topological polar surface area (TPSA) is 27.1 Å². The zero-order chi connectivity index (χ0) is 8.48. The number of nitrogens with zero attached hydrogens (tertiary/aromatic N) is 1. The van der Waals surface area contributed by atoms with Gasteiger partial charge < -0.3 is 0 Å². The van der Waals surface area contributed by atoms with Crippen molar-refractivity contribution in [1.82, 2.24) is 4.90 Å².